The van der Waals surface area contributed by atoms with Crippen LogP contribution < -0.4 is 0 Å². The lowest BCUT2D eigenvalue weighted by Crippen LogP contribution is -2.45. The Balaban J connectivity index is 2.01. The fourth-order valence-corrected chi connectivity index (χ4v) is 4.79. The normalized spacial score (nSPS) is 32.9. The van der Waals surface area contributed by atoms with Crippen LogP contribution in [0, 0.1) is 11.8 Å². The molecule has 0 saturated heterocycles. The maximum atomic E-state index is 9.71. The molecule has 0 amide bonds. The first-order valence-corrected chi connectivity index (χ1v) is 8.30. The molecule has 0 radical (unpaired) electrons. The van der Waals surface area contributed by atoms with Crippen LogP contribution in [-0.2, 0) is 11.8 Å². The molecule has 1 fully saturated rings. The van der Waals surface area contributed by atoms with Crippen LogP contribution in [0.5, 0.6) is 0 Å². The smallest absolute Gasteiger partial charge is 0.0462 e. The molecule has 0 heterocycles. The van der Waals surface area contributed by atoms with Crippen LogP contribution in [0.15, 0.2) is 18.2 Å². The Morgan fingerprint density at radius 1 is 1.30 bits per heavy atom. The van der Waals surface area contributed by atoms with Gasteiger partial charge >= 0.3 is 0 Å². The minimum atomic E-state index is 0.300. The van der Waals surface area contributed by atoms with Gasteiger partial charge in [-0.15, -0.1) is 0 Å². The Labute approximate surface area is 123 Å². The molecule has 0 spiro atoms. The van der Waals surface area contributed by atoms with E-state index in [-0.39, 0.29) is 0 Å². The van der Waals surface area contributed by atoms with Gasteiger partial charge in [0.05, 0.1) is 0 Å². The van der Waals surface area contributed by atoms with Crippen LogP contribution in [0.4, 0.5) is 0 Å². The summed E-state index contributed by atoms with van der Waals surface area (Å²) in [6.45, 7) is 7.38. The highest BCUT2D eigenvalue weighted by molar-refractivity contribution is 5.41. The number of hydrogen-bond acceptors (Lipinski definition) is 1. The van der Waals surface area contributed by atoms with Crippen molar-refractivity contribution >= 4 is 0 Å². The predicted octanol–water partition coefficient (Wildman–Crippen LogP) is 4.42. The first kappa shape index (κ1) is 14.1. The minimum Gasteiger partial charge on any atom is -0.396 e. The van der Waals surface area contributed by atoms with Crippen molar-refractivity contribution in [2.24, 2.45) is 11.8 Å². The van der Waals surface area contributed by atoms with E-state index in [1.807, 2.05) is 0 Å². The van der Waals surface area contributed by atoms with Gasteiger partial charge in [-0.2, -0.15) is 0 Å². The van der Waals surface area contributed by atoms with E-state index < -0.39 is 0 Å². The number of aliphatic hydroxyl groups is 1. The standard InChI is InChI=1S/C19H28O/c1-13(2)14-6-8-17-15(11-14)7-9-18-16(12-20)5-4-10-19(17,18)3/h6,8,11,13,16,18,20H,4-5,7,9-10,12H2,1-3H3/t16-,18+,19-/m1/s1. The third-order valence-corrected chi connectivity index (χ3v) is 6.03. The van der Waals surface area contributed by atoms with E-state index in [4.69, 9.17) is 0 Å². The molecule has 1 heteroatoms. The second-order valence-corrected chi connectivity index (χ2v) is 7.47. The Kier molecular flexibility index (Phi) is 3.66. The second-order valence-electron chi connectivity index (χ2n) is 7.47. The van der Waals surface area contributed by atoms with Gasteiger partial charge in [0.25, 0.3) is 0 Å². The fraction of sp³-hybridized carbons (Fsp3) is 0.684. The number of aryl methyl sites for hydroxylation is 1. The van der Waals surface area contributed by atoms with E-state index in [0.717, 1.165) is 0 Å². The lowest BCUT2D eigenvalue weighted by molar-refractivity contribution is 0.0609. The summed E-state index contributed by atoms with van der Waals surface area (Å²) < 4.78 is 0. The first-order valence-electron chi connectivity index (χ1n) is 8.30. The van der Waals surface area contributed by atoms with Crippen LogP contribution >= 0.6 is 0 Å². The zero-order valence-corrected chi connectivity index (χ0v) is 13.2. The summed E-state index contributed by atoms with van der Waals surface area (Å²) in [5.41, 5.74) is 4.93. The van der Waals surface area contributed by atoms with Crippen LogP contribution in [0.25, 0.3) is 0 Å². The number of fused-ring (bicyclic) bond motifs is 3. The van der Waals surface area contributed by atoms with Crippen LogP contribution in [0.1, 0.15) is 69.1 Å². The van der Waals surface area contributed by atoms with Gasteiger partial charge in [0.1, 0.15) is 0 Å². The van der Waals surface area contributed by atoms with Crippen molar-refractivity contribution in [1.82, 2.24) is 0 Å². The van der Waals surface area contributed by atoms with Gasteiger partial charge in [-0.05, 0) is 65.5 Å². The molecule has 0 unspecified atom stereocenters. The fourth-order valence-electron chi connectivity index (χ4n) is 4.79. The molecule has 1 N–H and O–H groups in total. The Hall–Kier alpha value is -0.820. The zero-order valence-electron chi connectivity index (χ0n) is 13.2. The SMILES string of the molecule is CC(C)c1ccc2c(c1)CC[C@H]1[C@@H](CO)CCC[C@]21C. The first-order chi connectivity index (χ1) is 9.56. The van der Waals surface area contributed by atoms with Gasteiger partial charge in [-0.1, -0.05) is 45.4 Å². The molecule has 3 rings (SSSR count). The third kappa shape index (κ3) is 2.11. The summed E-state index contributed by atoms with van der Waals surface area (Å²) in [7, 11) is 0. The number of benzene rings is 1. The minimum absolute atomic E-state index is 0.300. The van der Waals surface area contributed by atoms with Gasteiger partial charge in [0, 0.05) is 6.61 Å². The second kappa shape index (κ2) is 5.18. The monoisotopic (exact) mass is 272 g/mol. The average Bonchev–Trinajstić information content (AvgIpc) is 2.45. The van der Waals surface area contributed by atoms with Gasteiger partial charge in [0.15, 0.2) is 0 Å². The summed E-state index contributed by atoms with van der Waals surface area (Å²) >= 11 is 0. The van der Waals surface area contributed by atoms with Crippen LogP contribution in [-0.4, -0.2) is 11.7 Å². The maximum Gasteiger partial charge on any atom is 0.0462 e. The topological polar surface area (TPSA) is 20.2 Å². The highest BCUT2D eigenvalue weighted by Gasteiger charge is 2.45. The van der Waals surface area contributed by atoms with Crippen molar-refractivity contribution in [3.05, 3.63) is 34.9 Å². The van der Waals surface area contributed by atoms with E-state index in [9.17, 15) is 5.11 Å². The zero-order chi connectivity index (χ0) is 14.3. The van der Waals surface area contributed by atoms with Crippen molar-refractivity contribution < 1.29 is 5.11 Å². The number of rotatable bonds is 2. The molecule has 1 aromatic carbocycles. The molecule has 2 aliphatic carbocycles. The average molecular weight is 272 g/mol. The Morgan fingerprint density at radius 3 is 2.80 bits per heavy atom. The van der Waals surface area contributed by atoms with E-state index in [1.165, 1.54) is 37.7 Å². The summed E-state index contributed by atoms with van der Waals surface area (Å²) in [6, 6.07) is 7.18. The van der Waals surface area contributed by atoms with Crippen molar-refractivity contribution in [2.45, 2.75) is 64.2 Å². The van der Waals surface area contributed by atoms with Gasteiger partial charge < -0.3 is 5.11 Å². The summed E-state index contributed by atoms with van der Waals surface area (Å²) in [5.74, 6) is 1.81. The van der Waals surface area contributed by atoms with Gasteiger partial charge in [-0.25, -0.2) is 0 Å². The quantitative estimate of drug-likeness (QED) is 0.845. The van der Waals surface area contributed by atoms with Crippen LogP contribution in [0.2, 0.25) is 0 Å². The lowest BCUT2D eigenvalue weighted by Gasteiger charge is -2.50. The maximum absolute atomic E-state index is 9.71. The number of aliphatic hydroxyl groups excluding tert-OH is 1. The van der Waals surface area contributed by atoms with Crippen molar-refractivity contribution in [3.8, 4) is 0 Å². The van der Waals surface area contributed by atoms with Gasteiger partial charge in [0.2, 0.25) is 0 Å². The molecular weight excluding hydrogens is 244 g/mol. The van der Waals surface area contributed by atoms with Crippen molar-refractivity contribution in [2.75, 3.05) is 6.61 Å². The molecule has 1 aromatic rings. The molecule has 110 valence electrons. The molecule has 0 bridgehead atoms. The van der Waals surface area contributed by atoms with E-state index in [2.05, 4.69) is 39.0 Å². The van der Waals surface area contributed by atoms with E-state index >= 15 is 0 Å². The summed E-state index contributed by atoms with van der Waals surface area (Å²) in [4.78, 5) is 0. The van der Waals surface area contributed by atoms with Crippen LogP contribution in [0.3, 0.4) is 0 Å². The molecule has 2 aliphatic rings. The Morgan fingerprint density at radius 2 is 2.10 bits per heavy atom. The molecule has 1 saturated carbocycles. The summed E-state index contributed by atoms with van der Waals surface area (Å²) in [5, 5.41) is 9.71. The largest absolute Gasteiger partial charge is 0.396 e. The van der Waals surface area contributed by atoms with Crippen molar-refractivity contribution in [1.29, 1.82) is 0 Å². The molecule has 0 aromatic heterocycles. The molecular formula is C19H28O. The predicted molar refractivity (Wildman–Crippen MR) is 84.1 cm³/mol. The molecule has 20 heavy (non-hydrogen) atoms. The van der Waals surface area contributed by atoms with Crippen molar-refractivity contribution in [3.63, 3.8) is 0 Å². The van der Waals surface area contributed by atoms with E-state index in [0.29, 0.717) is 29.8 Å². The third-order valence-electron chi connectivity index (χ3n) is 6.03. The molecule has 0 aliphatic heterocycles. The lowest BCUT2D eigenvalue weighted by atomic mass is 9.55. The summed E-state index contributed by atoms with van der Waals surface area (Å²) in [6.07, 6.45) is 6.24. The molecule has 3 atom stereocenters. The van der Waals surface area contributed by atoms with Gasteiger partial charge in [-0.3, -0.25) is 0 Å². The Bertz CT molecular complexity index is 491. The molecule has 1 nitrogen and oxygen atoms in total. The number of hydrogen-bond donors (Lipinski definition) is 1. The highest BCUT2D eigenvalue weighted by Crippen LogP contribution is 2.52. The highest BCUT2D eigenvalue weighted by atomic mass is 16.3. The van der Waals surface area contributed by atoms with E-state index in [1.54, 1.807) is 11.1 Å².